The van der Waals surface area contributed by atoms with E-state index in [2.05, 4.69) is 15.9 Å². The van der Waals surface area contributed by atoms with E-state index in [1.54, 1.807) is 6.07 Å². The van der Waals surface area contributed by atoms with Gasteiger partial charge in [-0.3, -0.25) is 10.1 Å². The highest BCUT2D eigenvalue weighted by Gasteiger charge is 2.32. The molecule has 0 aliphatic carbocycles. The Morgan fingerprint density at radius 1 is 1.20 bits per heavy atom. The lowest BCUT2D eigenvalue weighted by Crippen LogP contribution is -2.46. The molecule has 1 aromatic carbocycles. The van der Waals surface area contributed by atoms with Crippen molar-refractivity contribution in [1.82, 2.24) is 5.32 Å². The van der Waals surface area contributed by atoms with Gasteiger partial charge in [0.05, 0.1) is 5.56 Å². The minimum absolute atomic E-state index is 0.127. The smallest absolute Gasteiger partial charge is 0.351 e. The van der Waals surface area contributed by atoms with E-state index in [4.69, 9.17) is 5.73 Å². The standard InChI is InChI=1S/C10H11F3.C7H13BrN2O2/c1-7(2)8-4-3-5-9(6-8)10(11,12)13;1-3-7(8,4-2)5(11)10-6(9)12/h3-7H,1-2H3;3-4H2,1-2H3,(H3,9,10,11,12). The molecule has 4 nitrogen and oxygen atoms in total. The third kappa shape index (κ3) is 7.90. The van der Waals surface area contributed by atoms with Crippen LogP contribution in [0.4, 0.5) is 18.0 Å². The highest BCUT2D eigenvalue weighted by molar-refractivity contribution is 9.10. The van der Waals surface area contributed by atoms with Crippen molar-refractivity contribution in [2.24, 2.45) is 5.73 Å². The number of imide groups is 1. The number of hydrogen-bond donors (Lipinski definition) is 2. The number of hydrogen-bond acceptors (Lipinski definition) is 2. The molecule has 0 bridgehead atoms. The molecule has 0 saturated heterocycles. The monoisotopic (exact) mass is 424 g/mol. The summed E-state index contributed by atoms with van der Waals surface area (Å²) in [6.07, 6.45) is -3.00. The molecule has 0 radical (unpaired) electrons. The lowest BCUT2D eigenvalue weighted by atomic mass is 10.0. The van der Waals surface area contributed by atoms with Gasteiger partial charge in [-0.2, -0.15) is 13.2 Å². The summed E-state index contributed by atoms with van der Waals surface area (Å²) < 4.78 is 36.0. The molecule has 0 heterocycles. The van der Waals surface area contributed by atoms with Gasteiger partial charge in [0, 0.05) is 0 Å². The van der Waals surface area contributed by atoms with Gasteiger partial charge in [0.2, 0.25) is 5.91 Å². The molecular weight excluding hydrogens is 401 g/mol. The third-order valence-corrected chi connectivity index (χ3v) is 5.13. The van der Waals surface area contributed by atoms with E-state index in [1.165, 1.54) is 12.1 Å². The molecule has 0 aliphatic heterocycles. The first kappa shape index (κ1) is 23.4. The molecule has 1 rings (SSSR count). The Balaban J connectivity index is 0.000000463. The minimum atomic E-state index is -4.23. The van der Waals surface area contributed by atoms with Crippen LogP contribution in [-0.2, 0) is 11.0 Å². The Kier molecular flexibility index (Phi) is 9.18. The molecule has 0 aromatic heterocycles. The van der Waals surface area contributed by atoms with Crippen LogP contribution >= 0.6 is 15.9 Å². The molecule has 0 fully saturated rings. The van der Waals surface area contributed by atoms with Gasteiger partial charge in [-0.25, -0.2) is 4.79 Å². The minimum Gasteiger partial charge on any atom is -0.351 e. The number of primary amides is 1. The molecular formula is C17H24BrF3N2O2. The van der Waals surface area contributed by atoms with Crippen LogP contribution in [0.2, 0.25) is 0 Å². The van der Waals surface area contributed by atoms with E-state index in [0.29, 0.717) is 12.8 Å². The van der Waals surface area contributed by atoms with Crippen molar-refractivity contribution in [2.45, 2.75) is 57.0 Å². The highest BCUT2D eigenvalue weighted by Crippen LogP contribution is 2.30. The van der Waals surface area contributed by atoms with Crippen LogP contribution in [0.25, 0.3) is 0 Å². The summed E-state index contributed by atoms with van der Waals surface area (Å²) in [4.78, 5) is 21.6. The number of urea groups is 1. The SMILES string of the molecule is CC(C)c1cccc(C(F)(F)F)c1.CCC(Br)(CC)C(=O)NC(N)=O. The number of rotatable bonds is 4. The second kappa shape index (κ2) is 9.79. The van der Waals surface area contributed by atoms with Crippen LogP contribution in [0, 0.1) is 0 Å². The summed E-state index contributed by atoms with van der Waals surface area (Å²) in [6.45, 7) is 7.46. The lowest BCUT2D eigenvalue weighted by Gasteiger charge is -2.21. The maximum atomic E-state index is 12.2. The van der Waals surface area contributed by atoms with Crippen LogP contribution in [0.15, 0.2) is 24.3 Å². The molecule has 0 atom stereocenters. The van der Waals surface area contributed by atoms with E-state index >= 15 is 0 Å². The van der Waals surface area contributed by atoms with Crippen molar-refractivity contribution in [1.29, 1.82) is 0 Å². The van der Waals surface area contributed by atoms with Gasteiger partial charge < -0.3 is 5.73 Å². The Hall–Kier alpha value is -1.57. The van der Waals surface area contributed by atoms with Crippen molar-refractivity contribution in [2.75, 3.05) is 0 Å². The molecule has 25 heavy (non-hydrogen) atoms. The van der Waals surface area contributed by atoms with E-state index in [1.807, 2.05) is 33.0 Å². The maximum absolute atomic E-state index is 12.2. The summed E-state index contributed by atoms with van der Waals surface area (Å²) in [5.41, 5.74) is 4.95. The number of nitrogens with one attached hydrogen (secondary N) is 1. The van der Waals surface area contributed by atoms with Gasteiger partial charge in [0.15, 0.2) is 0 Å². The topological polar surface area (TPSA) is 72.2 Å². The lowest BCUT2D eigenvalue weighted by molar-refractivity contribution is -0.137. The van der Waals surface area contributed by atoms with Crippen LogP contribution in [-0.4, -0.2) is 16.3 Å². The fraction of sp³-hybridized carbons (Fsp3) is 0.529. The van der Waals surface area contributed by atoms with Crippen LogP contribution in [0.5, 0.6) is 0 Å². The van der Waals surface area contributed by atoms with E-state index in [-0.39, 0.29) is 11.8 Å². The first-order valence-electron chi connectivity index (χ1n) is 7.84. The highest BCUT2D eigenvalue weighted by atomic mass is 79.9. The number of carbonyl (C=O) groups is 2. The van der Waals surface area contributed by atoms with E-state index in [0.717, 1.165) is 11.6 Å². The van der Waals surface area contributed by atoms with Crippen molar-refractivity contribution in [3.8, 4) is 0 Å². The quantitative estimate of drug-likeness (QED) is 0.670. The van der Waals surface area contributed by atoms with Gasteiger partial charge in [0.25, 0.3) is 0 Å². The second-order valence-electron chi connectivity index (χ2n) is 5.77. The predicted molar refractivity (Wildman–Crippen MR) is 95.5 cm³/mol. The number of alkyl halides is 4. The number of amides is 3. The molecule has 0 saturated carbocycles. The molecule has 0 spiro atoms. The Labute approximate surface area is 154 Å². The summed E-state index contributed by atoms with van der Waals surface area (Å²) in [5.74, 6) is -0.248. The summed E-state index contributed by atoms with van der Waals surface area (Å²) in [6, 6.07) is 4.62. The van der Waals surface area contributed by atoms with Gasteiger partial charge in [-0.15, -0.1) is 0 Å². The maximum Gasteiger partial charge on any atom is 0.416 e. The summed E-state index contributed by atoms with van der Waals surface area (Å²) >= 11 is 3.26. The molecule has 8 heteroatoms. The number of carbonyl (C=O) groups excluding carboxylic acids is 2. The summed E-state index contributed by atoms with van der Waals surface area (Å²) in [5, 5.41) is 2.04. The van der Waals surface area contributed by atoms with Crippen molar-refractivity contribution >= 4 is 27.9 Å². The largest absolute Gasteiger partial charge is 0.416 e. The molecule has 3 amide bonds. The zero-order chi connectivity index (χ0) is 19.8. The van der Waals surface area contributed by atoms with Crippen molar-refractivity contribution < 1.29 is 22.8 Å². The van der Waals surface area contributed by atoms with Crippen molar-refractivity contribution in [3.63, 3.8) is 0 Å². The van der Waals surface area contributed by atoms with Crippen LogP contribution < -0.4 is 11.1 Å². The van der Waals surface area contributed by atoms with Gasteiger partial charge >= 0.3 is 12.2 Å². The first-order chi connectivity index (χ1) is 11.4. The van der Waals surface area contributed by atoms with Crippen LogP contribution in [0.1, 0.15) is 57.6 Å². The molecule has 1 aromatic rings. The number of nitrogens with two attached hydrogens (primary N) is 1. The fourth-order valence-electron chi connectivity index (χ4n) is 1.87. The Morgan fingerprint density at radius 2 is 1.72 bits per heavy atom. The molecule has 3 N–H and O–H groups in total. The van der Waals surface area contributed by atoms with Gasteiger partial charge in [0.1, 0.15) is 4.32 Å². The second-order valence-corrected chi connectivity index (χ2v) is 7.29. The van der Waals surface area contributed by atoms with E-state index < -0.39 is 22.1 Å². The average Bonchev–Trinajstić information content (AvgIpc) is 2.53. The first-order valence-corrected chi connectivity index (χ1v) is 8.63. The van der Waals surface area contributed by atoms with Crippen LogP contribution in [0.3, 0.4) is 0 Å². The number of halogens is 4. The van der Waals surface area contributed by atoms with Crippen molar-refractivity contribution in [3.05, 3.63) is 35.4 Å². The van der Waals surface area contributed by atoms with E-state index in [9.17, 15) is 22.8 Å². The van der Waals surface area contributed by atoms with Gasteiger partial charge in [-0.1, -0.05) is 61.8 Å². The zero-order valence-electron chi connectivity index (χ0n) is 14.7. The van der Waals surface area contributed by atoms with Gasteiger partial charge in [-0.05, 0) is 30.4 Å². The Morgan fingerprint density at radius 3 is 2.08 bits per heavy atom. The molecule has 142 valence electrons. The normalized spacial score (nSPS) is 11.6. The molecule has 0 aliphatic rings. The fourth-order valence-corrected chi connectivity index (χ4v) is 1.97. The average molecular weight is 425 g/mol. The summed E-state index contributed by atoms with van der Waals surface area (Å²) in [7, 11) is 0. The zero-order valence-corrected chi connectivity index (χ0v) is 16.3. The Bertz CT molecular complexity index is 586. The predicted octanol–water partition coefficient (Wildman–Crippen LogP) is 4.96. The number of benzene rings is 1. The third-order valence-electron chi connectivity index (χ3n) is 3.65. The molecule has 0 unspecified atom stereocenters.